The zero-order chi connectivity index (χ0) is 13.8. The van der Waals surface area contributed by atoms with Gasteiger partial charge in [0.25, 0.3) is 0 Å². The van der Waals surface area contributed by atoms with E-state index in [0.29, 0.717) is 17.1 Å². The van der Waals surface area contributed by atoms with Crippen LogP contribution in [-0.2, 0) is 11.2 Å². The molecule has 2 rings (SSSR count). The number of rotatable bonds is 3. The van der Waals surface area contributed by atoms with Crippen LogP contribution in [0.25, 0.3) is 0 Å². The normalized spacial score (nSPS) is 10.3. The van der Waals surface area contributed by atoms with Gasteiger partial charge in [-0.05, 0) is 42.3 Å². The van der Waals surface area contributed by atoms with Crippen LogP contribution < -0.4 is 5.32 Å². The molecule has 0 bridgehead atoms. The van der Waals surface area contributed by atoms with Crippen LogP contribution in [0.3, 0.4) is 0 Å². The van der Waals surface area contributed by atoms with E-state index in [9.17, 15) is 4.79 Å². The molecule has 0 atom stereocenters. The summed E-state index contributed by atoms with van der Waals surface area (Å²) >= 11 is 10.2. The minimum Gasteiger partial charge on any atom is -0.324 e. The summed E-state index contributed by atoms with van der Waals surface area (Å²) in [6.45, 7) is 1.96. The Balaban J connectivity index is 2.05. The van der Waals surface area contributed by atoms with Gasteiger partial charge < -0.3 is 5.32 Å². The summed E-state index contributed by atoms with van der Waals surface area (Å²) in [6, 6.07) is 13.1. The van der Waals surface area contributed by atoms with Gasteiger partial charge in [-0.25, -0.2) is 0 Å². The zero-order valence-electron chi connectivity index (χ0n) is 10.5. The number of benzene rings is 2. The van der Waals surface area contributed by atoms with Gasteiger partial charge in [0, 0.05) is 4.90 Å². The summed E-state index contributed by atoms with van der Waals surface area (Å²) < 4.78 is 0. The van der Waals surface area contributed by atoms with Crippen molar-refractivity contribution in [1.82, 2.24) is 0 Å². The Labute approximate surface area is 123 Å². The van der Waals surface area contributed by atoms with Crippen LogP contribution in [0, 0.1) is 6.92 Å². The van der Waals surface area contributed by atoms with Crippen LogP contribution in [0.2, 0.25) is 5.02 Å². The predicted molar refractivity (Wildman–Crippen MR) is 82.2 cm³/mol. The summed E-state index contributed by atoms with van der Waals surface area (Å²) in [5.41, 5.74) is 2.65. The number of hydrogen-bond acceptors (Lipinski definition) is 2. The lowest BCUT2D eigenvalue weighted by Gasteiger charge is -2.08. The molecule has 19 heavy (non-hydrogen) atoms. The van der Waals surface area contributed by atoms with E-state index in [-0.39, 0.29) is 5.91 Å². The minimum absolute atomic E-state index is 0.0839. The average Bonchev–Trinajstić information content (AvgIpc) is 2.37. The lowest BCUT2D eigenvalue weighted by atomic mass is 10.1. The third-order valence-corrected chi connectivity index (χ3v) is 3.32. The number of hydrogen-bond donors (Lipinski definition) is 2. The first kappa shape index (κ1) is 14.0. The maximum absolute atomic E-state index is 11.9. The van der Waals surface area contributed by atoms with Gasteiger partial charge >= 0.3 is 0 Å². The highest BCUT2D eigenvalue weighted by atomic mass is 35.5. The number of anilines is 1. The molecule has 0 unspecified atom stereocenters. The Bertz CT molecular complexity index is 596. The molecule has 4 heteroatoms. The fraction of sp³-hybridized carbons (Fsp3) is 0.133. The van der Waals surface area contributed by atoms with E-state index >= 15 is 0 Å². The van der Waals surface area contributed by atoms with Gasteiger partial charge in [-0.1, -0.05) is 29.8 Å². The highest BCUT2D eigenvalue weighted by Gasteiger charge is 2.07. The molecule has 0 saturated carbocycles. The molecule has 2 aromatic rings. The van der Waals surface area contributed by atoms with Gasteiger partial charge in [0.1, 0.15) is 0 Å². The number of amides is 1. The van der Waals surface area contributed by atoms with Gasteiger partial charge in [0.05, 0.1) is 17.1 Å². The molecule has 0 aliphatic rings. The van der Waals surface area contributed by atoms with E-state index in [2.05, 4.69) is 17.9 Å². The maximum atomic E-state index is 11.9. The number of aryl methyl sites for hydroxylation is 1. The molecular formula is C15H14ClNOS. The van der Waals surface area contributed by atoms with Crippen LogP contribution in [-0.4, -0.2) is 5.91 Å². The SMILES string of the molecule is Cc1ccc(Cl)c(NC(=O)Cc2ccc(S)cc2)c1. The van der Waals surface area contributed by atoms with Crippen molar-refractivity contribution < 1.29 is 4.79 Å². The van der Waals surface area contributed by atoms with Crippen LogP contribution >= 0.6 is 24.2 Å². The van der Waals surface area contributed by atoms with Crippen molar-refractivity contribution in [3.63, 3.8) is 0 Å². The summed E-state index contributed by atoms with van der Waals surface area (Å²) in [6.07, 6.45) is 0.318. The topological polar surface area (TPSA) is 29.1 Å². The monoisotopic (exact) mass is 291 g/mol. The van der Waals surface area contributed by atoms with Crippen LogP contribution in [0.1, 0.15) is 11.1 Å². The first-order chi connectivity index (χ1) is 9.04. The molecular weight excluding hydrogens is 278 g/mol. The number of carbonyl (C=O) groups is 1. The molecule has 2 aromatic carbocycles. The van der Waals surface area contributed by atoms with Crippen molar-refractivity contribution in [3.8, 4) is 0 Å². The first-order valence-electron chi connectivity index (χ1n) is 5.88. The van der Waals surface area contributed by atoms with Crippen molar-refractivity contribution in [2.24, 2.45) is 0 Å². The van der Waals surface area contributed by atoms with Crippen molar-refractivity contribution >= 4 is 35.8 Å². The highest BCUT2D eigenvalue weighted by molar-refractivity contribution is 7.80. The lowest BCUT2D eigenvalue weighted by molar-refractivity contribution is -0.115. The molecule has 0 saturated heterocycles. The molecule has 0 radical (unpaired) electrons. The Kier molecular flexibility index (Phi) is 4.51. The maximum Gasteiger partial charge on any atom is 0.228 e. The Morgan fingerprint density at radius 3 is 2.58 bits per heavy atom. The third-order valence-electron chi connectivity index (χ3n) is 2.70. The third kappa shape index (κ3) is 4.01. The summed E-state index contributed by atoms with van der Waals surface area (Å²) in [7, 11) is 0. The number of carbonyl (C=O) groups excluding carboxylic acids is 1. The molecule has 1 N–H and O–H groups in total. The molecule has 98 valence electrons. The van der Waals surface area contributed by atoms with Crippen molar-refractivity contribution in [1.29, 1.82) is 0 Å². The number of nitrogens with one attached hydrogen (secondary N) is 1. The Hall–Kier alpha value is -1.45. The van der Waals surface area contributed by atoms with Crippen LogP contribution in [0.4, 0.5) is 5.69 Å². The molecule has 0 fully saturated rings. The summed E-state index contributed by atoms with van der Waals surface area (Å²) in [5, 5.41) is 3.37. The molecule has 1 amide bonds. The molecule has 0 aromatic heterocycles. The predicted octanol–water partition coefficient (Wildman–Crippen LogP) is 4.12. The van der Waals surface area contributed by atoms with Gasteiger partial charge in [0.15, 0.2) is 0 Å². The van der Waals surface area contributed by atoms with E-state index in [1.807, 2.05) is 43.3 Å². The van der Waals surface area contributed by atoms with Crippen LogP contribution in [0.15, 0.2) is 47.4 Å². The second-order valence-electron chi connectivity index (χ2n) is 4.37. The first-order valence-corrected chi connectivity index (χ1v) is 6.71. The van der Waals surface area contributed by atoms with E-state index in [0.717, 1.165) is 16.0 Å². The van der Waals surface area contributed by atoms with E-state index < -0.39 is 0 Å². The lowest BCUT2D eigenvalue weighted by Crippen LogP contribution is -2.14. The number of thiol groups is 1. The summed E-state index contributed by atoms with van der Waals surface area (Å²) in [4.78, 5) is 12.8. The Morgan fingerprint density at radius 1 is 1.21 bits per heavy atom. The smallest absolute Gasteiger partial charge is 0.228 e. The Morgan fingerprint density at radius 2 is 1.89 bits per heavy atom. The van der Waals surface area contributed by atoms with Gasteiger partial charge in [-0.15, -0.1) is 12.6 Å². The van der Waals surface area contributed by atoms with Gasteiger partial charge in [-0.3, -0.25) is 4.79 Å². The fourth-order valence-electron chi connectivity index (χ4n) is 1.73. The van der Waals surface area contributed by atoms with Gasteiger partial charge in [0.2, 0.25) is 5.91 Å². The second kappa shape index (κ2) is 6.13. The second-order valence-corrected chi connectivity index (χ2v) is 5.30. The van der Waals surface area contributed by atoms with E-state index in [4.69, 9.17) is 11.6 Å². The largest absolute Gasteiger partial charge is 0.324 e. The van der Waals surface area contributed by atoms with Gasteiger partial charge in [-0.2, -0.15) is 0 Å². The molecule has 0 aliphatic carbocycles. The standard InChI is InChI=1S/C15H14ClNOS/c1-10-2-7-13(16)14(8-10)17-15(18)9-11-3-5-12(19)6-4-11/h2-8,19H,9H2,1H3,(H,17,18). The quantitative estimate of drug-likeness (QED) is 0.819. The van der Waals surface area contributed by atoms with Crippen molar-refractivity contribution in [2.45, 2.75) is 18.2 Å². The summed E-state index contributed by atoms with van der Waals surface area (Å²) in [5.74, 6) is -0.0839. The van der Waals surface area contributed by atoms with Crippen molar-refractivity contribution in [2.75, 3.05) is 5.32 Å². The highest BCUT2D eigenvalue weighted by Crippen LogP contribution is 2.22. The van der Waals surface area contributed by atoms with E-state index in [1.165, 1.54) is 0 Å². The zero-order valence-corrected chi connectivity index (χ0v) is 12.1. The molecule has 0 spiro atoms. The van der Waals surface area contributed by atoms with E-state index in [1.54, 1.807) is 6.07 Å². The number of halogens is 1. The van der Waals surface area contributed by atoms with Crippen molar-refractivity contribution in [3.05, 3.63) is 58.6 Å². The van der Waals surface area contributed by atoms with Crippen LogP contribution in [0.5, 0.6) is 0 Å². The minimum atomic E-state index is -0.0839. The molecule has 0 heterocycles. The molecule has 0 aliphatic heterocycles. The molecule has 2 nitrogen and oxygen atoms in total. The average molecular weight is 292 g/mol. The fourth-order valence-corrected chi connectivity index (χ4v) is 2.04.